The van der Waals surface area contributed by atoms with Crippen molar-refractivity contribution in [2.75, 3.05) is 26.0 Å². The first-order chi connectivity index (χ1) is 11.5. The monoisotopic (exact) mass is 330 g/mol. The first-order valence-electron chi connectivity index (χ1n) is 7.46. The lowest BCUT2D eigenvalue weighted by molar-refractivity contribution is -0.885. The van der Waals surface area contributed by atoms with Gasteiger partial charge in [0, 0.05) is 23.4 Å². The quantitative estimate of drug-likeness (QED) is 0.591. The molecule has 0 heterocycles. The topological polar surface area (TPSA) is 85.9 Å². The van der Waals surface area contributed by atoms with Gasteiger partial charge < -0.3 is 15.0 Å². The molecule has 2 aromatic carbocycles. The molecule has 2 aromatic rings. The molecule has 0 saturated carbocycles. The van der Waals surface area contributed by atoms with Gasteiger partial charge in [0.05, 0.1) is 19.1 Å². The Labute approximate surface area is 140 Å². The van der Waals surface area contributed by atoms with Gasteiger partial charge in [-0.1, -0.05) is 12.1 Å². The van der Waals surface area contributed by atoms with Crippen molar-refractivity contribution in [1.82, 2.24) is 0 Å². The molecule has 24 heavy (non-hydrogen) atoms. The lowest BCUT2D eigenvalue weighted by Gasteiger charge is -2.14. The number of carbonyl (C=O) groups excluding carboxylic acids is 1. The molecule has 0 aliphatic rings. The zero-order valence-electron chi connectivity index (χ0n) is 13.6. The minimum Gasteiger partial charge on any atom is -0.497 e. The highest BCUT2D eigenvalue weighted by Crippen LogP contribution is 2.15. The van der Waals surface area contributed by atoms with E-state index in [0.29, 0.717) is 12.2 Å². The van der Waals surface area contributed by atoms with Crippen LogP contribution in [0.25, 0.3) is 0 Å². The van der Waals surface area contributed by atoms with Crippen molar-refractivity contribution in [3.05, 3.63) is 64.2 Å². The van der Waals surface area contributed by atoms with E-state index in [-0.39, 0.29) is 18.1 Å². The van der Waals surface area contributed by atoms with Crippen molar-refractivity contribution in [1.29, 1.82) is 0 Å². The minimum absolute atomic E-state index is 0.00577. The van der Waals surface area contributed by atoms with Crippen LogP contribution in [0, 0.1) is 10.1 Å². The number of anilines is 1. The molecule has 0 bridgehead atoms. The number of ether oxygens (including phenoxy) is 1. The van der Waals surface area contributed by atoms with E-state index >= 15 is 0 Å². The van der Waals surface area contributed by atoms with Crippen molar-refractivity contribution in [2.24, 2.45) is 0 Å². The van der Waals surface area contributed by atoms with Crippen LogP contribution in [0.4, 0.5) is 11.4 Å². The van der Waals surface area contributed by atoms with Crippen LogP contribution in [-0.2, 0) is 11.3 Å². The van der Waals surface area contributed by atoms with Gasteiger partial charge in [0.1, 0.15) is 12.3 Å². The molecular weight excluding hydrogens is 310 g/mol. The number of methoxy groups -OCH3 is 1. The number of nitrogens with one attached hydrogen (secondary N) is 2. The minimum atomic E-state index is -0.475. The number of rotatable bonds is 7. The van der Waals surface area contributed by atoms with Crippen molar-refractivity contribution in [3.8, 4) is 5.75 Å². The maximum Gasteiger partial charge on any atom is 0.279 e. The molecule has 0 aromatic heterocycles. The number of nitro groups is 1. The number of carbonyl (C=O) groups is 1. The van der Waals surface area contributed by atoms with Gasteiger partial charge in [-0.2, -0.15) is 0 Å². The second kappa shape index (κ2) is 8.07. The van der Waals surface area contributed by atoms with Gasteiger partial charge in [-0.3, -0.25) is 14.9 Å². The average Bonchev–Trinajstić information content (AvgIpc) is 2.55. The number of quaternary nitrogens is 1. The molecule has 2 rings (SSSR count). The van der Waals surface area contributed by atoms with E-state index in [9.17, 15) is 14.9 Å². The van der Waals surface area contributed by atoms with Crippen molar-refractivity contribution in [3.63, 3.8) is 0 Å². The van der Waals surface area contributed by atoms with Gasteiger partial charge in [0.2, 0.25) is 0 Å². The van der Waals surface area contributed by atoms with Crippen LogP contribution in [0.1, 0.15) is 5.56 Å². The SMILES string of the molecule is COc1cccc(C[NH+](C)CC(=O)Nc2ccc([N+](=O)[O-])cc2)c1. The summed E-state index contributed by atoms with van der Waals surface area (Å²) in [6, 6.07) is 13.5. The number of hydrogen-bond acceptors (Lipinski definition) is 4. The first kappa shape index (κ1) is 17.4. The summed E-state index contributed by atoms with van der Waals surface area (Å²) >= 11 is 0. The smallest absolute Gasteiger partial charge is 0.279 e. The zero-order valence-corrected chi connectivity index (χ0v) is 13.6. The van der Waals surface area contributed by atoms with Gasteiger partial charge in [-0.25, -0.2) is 0 Å². The van der Waals surface area contributed by atoms with Crippen LogP contribution < -0.4 is 15.0 Å². The summed E-state index contributed by atoms with van der Waals surface area (Å²) in [6.45, 7) is 0.971. The van der Waals surface area contributed by atoms with Gasteiger partial charge in [0.25, 0.3) is 11.6 Å². The predicted octanol–water partition coefficient (Wildman–Crippen LogP) is 1.26. The molecule has 126 valence electrons. The van der Waals surface area contributed by atoms with Crippen LogP contribution in [0.15, 0.2) is 48.5 Å². The van der Waals surface area contributed by atoms with Gasteiger partial charge in [-0.15, -0.1) is 0 Å². The Morgan fingerprint density at radius 1 is 1.25 bits per heavy atom. The molecule has 2 N–H and O–H groups in total. The molecule has 0 fully saturated rings. The molecule has 7 nitrogen and oxygen atoms in total. The lowest BCUT2D eigenvalue weighted by atomic mass is 10.2. The second-order valence-electron chi connectivity index (χ2n) is 5.51. The second-order valence-corrected chi connectivity index (χ2v) is 5.51. The van der Waals surface area contributed by atoms with Crippen LogP contribution in [0.3, 0.4) is 0 Å². The summed E-state index contributed by atoms with van der Waals surface area (Å²) in [4.78, 5) is 23.2. The van der Waals surface area contributed by atoms with E-state index in [2.05, 4.69) is 5.32 Å². The number of benzene rings is 2. The Kier molecular flexibility index (Phi) is 5.86. The number of nitro benzene ring substituents is 1. The predicted molar refractivity (Wildman–Crippen MR) is 90.2 cm³/mol. The molecule has 0 aliphatic carbocycles. The number of likely N-dealkylation sites (N-methyl/N-ethyl adjacent to an activating group) is 1. The third kappa shape index (κ3) is 5.06. The van der Waals surface area contributed by atoms with Gasteiger partial charge >= 0.3 is 0 Å². The largest absolute Gasteiger partial charge is 0.497 e. The molecule has 0 spiro atoms. The average molecular weight is 330 g/mol. The Morgan fingerprint density at radius 3 is 2.58 bits per heavy atom. The van der Waals surface area contributed by atoms with Crippen LogP contribution in [0.2, 0.25) is 0 Å². The number of amides is 1. The summed E-state index contributed by atoms with van der Waals surface area (Å²) in [6.07, 6.45) is 0. The van der Waals surface area contributed by atoms with E-state index in [0.717, 1.165) is 16.2 Å². The van der Waals surface area contributed by atoms with E-state index in [1.807, 2.05) is 31.3 Å². The van der Waals surface area contributed by atoms with E-state index in [1.54, 1.807) is 7.11 Å². The normalized spacial score (nSPS) is 11.6. The van der Waals surface area contributed by atoms with Crippen LogP contribution in [0.5, 0.6) is 5.75 Å². The summed E-state index contributed by atoms with van der Waals surface area (Å²) in [5, 5.41) is 13.3. The maximum absolute atomic E-state index is 12.1. The molecule has 1 unspecified atom stereocenters. The highest BCUT2D eigenvalue weighted by molar-refractivity contribution is 5.91. The highest BCUT2D eigenvalue weighted by atomic mass is 16.6. The highest BCUT2D eigenvalue weighted by Gasteiger charge is 2.12. The Balaban J connectivity index is 1.87. The Morgan fingerprint density at radius 2 is 1.96 bits per heavy atom. The summed E-state index contributed by atoms with van der Waals surface area (Å²) in [5.74, 6) is 0.639. The standard InChI is InChI=1S/C17H19N3O4/c1-19(11-13-4-3-5-16(10-13)24-2)12-17(21)18-14-6-8-15(9-7-14)20(22)23/h3-10H,11-12H2,1-2H3,(H,18,21)/p+1. The fraction of sp³-hybridized carbons (Fsp3) is 0.235. The van der Waals surface area contributed by atoms with Gasteiger partial charge in [-0.05, 0) is 24.3 Å². The van der Waals surface area contributed by atoms with E-state index in [1.165, 1.54) is 24.3 Å². The zero-order chi connectivity index (χ0) is 17.5. The maximum atomic E-state index is 12.1. The molecule has 7 heteroatoms. The summed E-state index contributed by atoms with van der Waals surface area (Å²) in [5.41, 5.74) is 1.61. The third-order valence-corrected chi connectivity index (χ3v) is 3.46. The van der Waals surface area contributed by atoms with Crippen molar-refractivity contribution >= 4 is 17.3 Å². The molecule has 0 saturated heterocycles. The Hall–Kier alpha value is -2.93. The summed E-state index contributed by atoms with van der Waals surface area (Å²) < 4.78 is 5.19. The molecule has 0 radical (unpaired) electrons. The Bertz CT molecular complexity index is 716. The van der Waals surface area contributed by atoms with Crippen LogP contribution >= 0.6 is 0 Å². The van der Waals surface area contributed by atoms with Crippen LogP contribution in [-0.4, -0.2) is 31.5 Å². The molecule has 1 atom stereocenters. The third-order valence-electron chi connectivity index (χ3n) is 3.46. The number of hydrogen-bond donors (Lipinski definition) is 2. The molecule has 1 amide bonds. The fourth-order valence-electron chi connectivity index (χ4n) is 2.34. The molecular formula is C17H20N3O4+. The molecule has 0 aliphatic heterocycles. The fourth-order valence-corrected chi connectivity index (χ4v) is 2.34. The number of nitrogens with zero attached hydrogens (tertiary/aromatic N) is 1. The lowest BCUT2D eigenvalue weighted by Crippen LogP contribution is -3.08. The summed E-state index contributed by atoms with van der Waals surface area (Å²) in [7, 11) is 3.54. The van der Waals surface area contributed by atoms with Gasteiger partial charge in [0.15, 0.2) is 6.54 Å². The first-order valence-corrected chi connectivity index (χ1v) is 7.46. The van der Waals surface area contributed by atoms with Crippen molar-refractivity contribution < 1.29 is 19.4 Å². The van der Waals surface area contributed by atoms with Crippen molar-refractivity contribution in [2.45, 2.75) is 6.54 Å². The van der Waals surface area contributed by atoms with E-state index < -0.39 is 4.92 Å². The number of non-ortho nitro benzene ring substituents is 1. The van der Waals surface area contributed by atoms with E-state index in [4.69, 9.17) is 4.74 Å².